The first-order valence-electron chi connectivity index (χ1n) is 10.1. The summed E-state index contributed by atoms with van der Waals surface area (Å²) in [5.74, 6) is 0.272. The molecule has 0 fully saturated rings. The van der Waals surface area contributed by atoms with E-state index in [2.05, 4.69) is 0 Å². The van der Waals surface area contributed by atoms with Gasteiger partial charge in [-0.15, -0.1) is 0 Å². The van der Waals surface area contributed by atoms with Gasteiger partial charge >= 0.3 is 10.1 Å². The fourth-order valence-electron chi connectivity index (χ4n) is 3.86. The summed E-state index contributed by atoms with van der Waals surface area (Å²) >= 11 is 5.84. The number of carbonyl (C=O) groups is 1. The van der Waals surface area contributed by atoms with Crippen molar-refractivity contribution in [3.8, 4) is 11.5 Å². The minimum absolute atomic E-state index is 0.0275. The topological polar surface area (TPSA) is 74.6 Å². The van der Waals surface area contributed by atoms with Gasteiger partial charge in [-0.25, -0.2) is 0 Å². The predicted molar refractivity (Wildman–Crippen MR) is 126 cm³/mol. The van der Waals surface area contributed by atoms with E-state index < -0.39 is 10.1 Å². The van der Waals surface area contributed by atoms with Crippen LogP contribution in [-0.4, -0.2) is 18.8 Å². The Morgan fingerprint density at radius 3 is 2.52 bits per heavy atom. The van der Waals surface area contributed by atoms with Crippen LogP contribution in [0.4, 0.5) is 0 Å². The van der Waals surface area contributed by atoms with Gasteiger partial charge in [0.2, 0.25) is 5.78 Å². The van der Waals surface area contributed by atoms with Crippen molar-refractivity contribution in [2.45, 2.75) is 11.8 Å². The number of hydrogen-bond acceptors (Lipinski definition) is 5. The van der Waals surface area contributed by atoms with Crippen molar-refractivity contribution in [2.24, 2.45) is 7.05 Å². The highest BCUT2D eigenvalue weighted by molar-refractivity contribution is 7.87. The molecular formula is C25H18ClNO5S. The van der Waals surface area contributed by atoms with Crippen molar-refractivity contribution in [3.05, 3.63) is 94.3 Å². The second-order valence-corrected chi connectivity index (χ2v) is 9.69. The van der Waals surface area contributed by atoms with E-state index in [1.54, 1.807) is 13.0 Å². The monoisotopic (exact) mass is 479 g/mol. The van der Waals surface area contributed by atoms with Gasteiger partial charge in [-0.05, 0) is 55.5 Å². The van der Waals surface area contributed by atoms with Crippen LogP contribution in [0.5, 0.6) is 11.5 Å². The molecule has 0 N–H and O–H groups in total. The highest BCUT2D eigenvalue weighted by Crippen LogP contribution is 2.40. The highest BCUT2D eigenvalue weighted by Gasteiger charge is 2.31. The zero-order chi connectivity index (χ0) is 23.3. The number of para-hydroxylation sites is 1. The number of benzene rings is 3. The Morgan fingerprint density at radius 1 is 1.03 bits per heavy atom. The molecule has 0 atom stereocenters. The Morgan fingerprint density at radius 2 is 1.76 bits per heavy atom. The molecule has 0 saturated carbocycles. The Balaban J connectivity index is 1.49. The number of allylic oxidation sites excluding steroid dienone is 1. The molecule has 0 aliphatic carbocycles. The predicted octanol–water partition coefficient (Wildman–Crippen LogP) is 5.52. The molecule has 166 valence electrons. The van der Waals surface area contributed by atoms with E-state index >= 15 is 0 Å². The van der Waals surface area contributed by atoms with Crippen LogP contribution in [0.25, 0.3) is 17.0 Å². The SMILES string of the molecule is Cc1c(OS(=O)(=O)c2ccc(Cl)cc2)ccc2c1O/C(=C/c1cn(C)c3ccccc13)C2=O. The van der Waals surface area contributed by atoms with Crippen LogP contribution in [-0.2, 0) is 17.2 Å². The summed E-state index contributed by atoms with van der Waals surface area (Å²) in [6.45, 7) is 1.65. The number of aryl methyl sites for hydroxylation is 1. The number of ether oxygens (including phenoxy) is 1. The normalized spacial score (nSPS) is 14.5. The van der Waals surface area contributed by atoms with Gasteiger partial charge in [0.1, 0.15) is 16.4 Å². The van der Waals surface area contributed by atoms with Crippen molar-refractivity contribution in [1.29, 1.82) is 0 Å². The average molecular weight is 480 g/mol. The molecule has 0 unspecified atom stereocenters. The Labute approximate surface area is 195 Å². The molecule has 0 saturated heterocycles. The van der Waals surface area contributed by atoms with Gasteiger partial charge in [0.05, 0.1) is 5.56 Å². The first-order chi connectivity index (χ1) is 15.7. The number of nitrogens with zero attached hydrogens (tertiary/aromatic N) is 1. The summed E-state index contributed by atoms with van der Waals surface area (Å²) in [7, 11) is -2.15. The minimum atomic E-state index is -4.08. The van der Waals surface area contributed by atoms with E-state index in [1.807, 2.05) is 42.1 Å². The fraction of sp³-hybridized carbons (Fsp3) is 0.0800. The van der Waals surface area contributed by atoms with E-state index in [9.17, 15) is 13.2 Å². The maximum Gasteiger partial charge on any atom is 0.339 e. The molecule has 0 amide bonds. The zero-order valence-electron chi connectivity index (χ0n) is 17.7. The van der Waals surface area contributed by atoms with Crippen LogP contribution in [0.3, 0.4) is 0 Å². The van der Waals surface area contributed by atoms with Gasteiger partial charge in [0.25, 0.3) is 0 Å². The average Bonchev–Trinajstić information content (AvgIpc) is 3.28. The molecule has 6 nitrogen and oxygen atoms in total. The summed E-state index contributed by atoms with van der Waals surface area (Å²) in [6, 6.07) is 16.5. The Bertz CT molecular complexity index is 1570. The Hall–Kier alpha value is -3.55. The molecule has 33 heavy (non-hydrogen) atoms. The lowest BCUT2D eigenvalue weighted by atomic mass is 10.1. The van der Waals surface area contributed by atoms with E-state index in [0.717, 1.165) is 16.5 Å². The van der Waals surface area contributed by atoms with Gasteiger partial charge in [0.15, 0.2) is 5.76 Å². The minimum Gasteiger partial charge on any atom is -0.452 e. The van der Waals surface area contributed by atoms with Crippen LogP contribution < -0.4 is 8.92 Å². The maximum absolute atomic E-state index is 13.0. The van der Waals surface area contributed by atoms with Gasteiger partial charge in [-0.1, -0.05) is 29.8 Å². The molecule has 0 bridgehead atoms. The number of aromatic nitrogens is 1. The van der Waals surface area contributed by atoms with E-state index in [0.29, 0.717) is 16.1 Å². The molecule has 8 heteroatoms. The molecule has 1 aliphatic heterocycles. The smallest absolute Gasteiger partial charge is 0.339 e. The van der Waals surface area contributed by atoms with E-state index in [1.165, 1.54) is 36.4 Å². The second kappa shape index (κ2) is 7.79. The number of fused-ring (bicyclic) bond motifs is 2. The van der Waals surface area contributed by atoms with Crippen molar-refractivity contribution in [3.63, 3.8) is 0 Å². The maximum atomic E-state index is 13.0. The zero-order valence-corrected chi connectivity index (χ0v) is 19.3. The van der Waals surface area contributed by atoms with Crippen molar-refractivity contribution in [1.82, 2.24) is 4.57 Å². The summed E-state index contributed by atoms with van der Waals surface area (Å²) in [4.78, 5) is 12.9. The molecule has 0 spiro atoms. The van der Waals surface area contributed by atoms with Crippen molar-refractivity contribution < 1.29 is 22.1 Å². The van der Waals surface area contributed by atoms with Gasteiger partial charge < -0.3 is 13.5 Å². The lowest BCUT2D eigenvalue weighted by Gasteiger charge is -2.11. The number of hydrogen-bond donors (Lipinski definition) is 0. The van der Waals surface area contributed by atoms with E-state index in [4.69, 9.17) is 20.5 Å². The fourth-order valence-corrected chi connectivity index (χ4v) is 4.96. The third kappa shape index (κ3) is 3.69. The van der Waals surface area contributed by atoms with Crippen LogP contribution in [0.15, 0.2) is 77.5 Å². The molecule has 5 rings (SSSR count). The van der Waals surface area contributed by atoms with Crippen LogP contribution in [0, 0.1) is 6.92 Å². The summed E-state index contributed by atoms with van der Waals surface area (Å²) in [6.07, 6.45) is 3.63. The van der Waals surface area contributed by atoms with Crippen LogP contribution >= 0.6 is 11.6 Å². The molecule has 1 aromatic heterocycles. The van der Waals surface area contributed by atoms with Gasteiger partial charge in [-0.3, -0.25) is 4.79 Å². The van der Waals surface area contributed by atoms with Crippen LogP contribution in [0.1, 0.15) is 21.5 Å². The van der Waals surface area contributed by atoms with Gasteiger partial charge in [0, 0.05) is 40.3 Å². The van der Waals surface area contributed by atoms with Gasteiger partial charge in [-0.2, -0.15) is 8.42 Å². The Kier molecular flexibility index (Phi) is 5.03. The summed E-state index contributed by atoms with van der Waals surface area (Å²) in [5, 5.41) is 1.41. The summed E-state index contributed by atoms with van der Waals surface area (Å²) in [5.41, 5.74) is 2.66. The number of ketones is 1. The number of carbonyl (C=O) groups excluding carboxylic acids is 1. The molecule has 3 aromatic carbocycles. The number of rotatable bonds is 4. The van der Waals surface area contributed by atoms with E-state index in [-0.39, 0.29) is 27.9 Å². The molecule has 4 aromatic rings. The quantitative estimate of drug-likeness (QED) is 0.284. The molecular weight excluding hydrogens is 462 g/mol. The lowest BCUT2D eigenvalue weighted by Crippen LogP contribution is -2.10. The molecule has 1 aliphatic rings. The molecule has 0 radical (unpaired) electrons. The number of halogens is 1. The molecule has 2 heterocycles. The lowest BCUT2D eigenvalue weighted by molar-refractivity contribution is 0.101. The largest absolute Gasteiger partial charge is 0.452 e. The van der Waals surface area contributed by atoms with Crippen molar-refractivity contribution >= 4 is 44.5 Å². The third-order valence-corrected chi connectivity index (χ3v) is 7.05. The van der Waals surface area contributed by atoms with Crippen molar-refractivity contribution in [2.75, 3.05) is 0 Å². The first kappa shape index (κ1) is 21.3. The number of Topliss-reactive ketones (excluding diaryl/α,β-unsaturated/α-hetero) is 1. The second-order valence-electron chi connectivity index (χ2n) is 7.71. The van der Waals surface area contributed by atoms with Crippen LogP contribution in [0.2, 0.25) is 5.02 Å². The third-order valence-electron chi connectivity index (χ3n) is 5.55. The summed E-state index contributed by atoms with van der Waals surface area (Å²) < 4.78 is 38.6. The first-order valence-corrected chi connectivity index (χ1v) is 11.9. The highest BCUT2D eigenvalue weighted by atomic mass is 35.5. The standard InChI is InChI=1S/C25H18ClNO5S/c1-15-22(32-33(29,30)18-9-7-17(26)8-10-18)12-11-20-24(28)23(31-25(15)20)13-16-14-27(2)21-6-4-3-5-19(16)21/h3-14H,1-2H3/b23-13+.